The zero-order valence-electron chi connectivity index (χ0n) is 15.9. The van der Waals surface area contributed by atoms with Crippen molar-refractivity contribution < 1.29 is 4.74 Å². The van der Waals surface area contributed by atoms with E-state index in [4.69, 9.17) is 4.74 Å². The van der Waals surface area contributed by atoms with Crippen LogP contribution in [0.4, 0.5) is 5.69 Å². The first-order chi connectivity index (χ1) is 13.6. The van der Waals surface area contributed by atoms with Gasteiger partial charge in [-0.15, -0.1) is 0 Å². The van der Waals surface area contributed by atoms with Gasteiger partial charge in [-0.3, -0.25) is 4.98 Å². The Morgan fingerprint density at radius 1 is 1.18 bits per heavy atom. The van der Waals surface area contributed by atoms with Gasteiger partial charge in [0.2, 0.25) is 0 Å². The summed E-state index contributed by atoms with van der Waals surface area (Å²) in [6.45, 7) is 8.13. The number of hydrogen-bond donors (Lipinski definition) is 0. The maximum Gasteiger partial charge on any atom is 0.122 e. The number of pyridine rings is 1. The van der Waals surface area contributed by atoms with Crippen molar-refractivity contribution in [1.29, 1.82) is 0 Å². The molecule has 2 aromatic carbocycles. The molecular formula is C24H23BrN2O. The summed E-state index contributed by atoms with van der Waals surface area (Å²) in [5.41, 5.74) is 5.43. The van der Waals surface area contributed by atoms with E-state index in [1.165, 1.54) is 16.8 Å². The molecule has 1 unspecified atom stereocenters. The molecule has 1 aromatic heterocycles. The maximum absolute atomic E-state index is 5.87. The molecule has 28 heavy (non-hydrogen) atoms. The highest BCUT2D eigenvalue weighted by atomic mass is 79.9. The molecular weight excluding hydrogens is 412 g/mol. The summed E-state index contributed by atoms with van der Waals surface area (Å²) >= 11 is 3.55. The number of benzene rings is 2. The Balaban J connectivity index is 1.72. The Kier molecular flexibility index (Phi) is 5.49. The van der Waals surface area contributed by atoms with Crippen molar-refractivity contribution >= 4 is 27.3 Å². The van der Waals surface area contributed by atoms with Crippen LogP contribution in [0.5, 0.6) is 5.75 Å². The summed E-state index contributed by atoms with van der Waals surface area (Å²) < 4.78 is 6.87. The predicted molar refractivity (Wildman–Crippen MR) is 119 cm³/mol. The molecule has 4 heteroatoms. The van der Waals surface area contributed by atoms with Crippen LogP contribution in [-0.4, -0.2) is 18.1 Å². The van der Waals surface area contributed by atoms with Crippen LogP contribution in [0.3, 0.4) is 0 Å². The minimum Gasteiger partial charge on any atom is -0.493 e. The second-order valence-electron chi connectivity index (χ2n) is 7.07. The van der Waals surface area contributed by atoms with E-state index in [1.54, 1.807) is 0 Å². The first kappa shape index (κ1) is 18.8. The smallest absolute Gasteiger partial charge is 0.122 e. The molecule has 0 N–H and O–H groups in total. The number of aromatic nitrogens is 1. The highest BCUT2D eigenvalue weighted by molar-refractivity contribution is 9.10. The quantitative estimate of drug-likeness (QED) is 0.478. The number of para-hydroxylation sites is 2. The predicted octanol–water partition coefficient (Wildman–Crippen LogP) is 6.20. The SMILES string of the molecule is C=C(c1cc(Br)ccn1)N(CC1CCOc2ccccc21)c1ccccc1C. The summed E-state index contributed by atoms with van der Waals surface area (Å²) in [5.74, 6) is 1.36. The minimum atomic E-state index is 0.369. The van der Waals surface area contributed by atoms with E-state index in [-0.39, 0.29) is 0 Å². The van der Waals surface area contributed by atoms with Gasteiger partial charge in [-0.1, -0.05) is 58.9 Å². The van der Waals surface area contributed by atoms with Crippen LogP contribution in [0.2, 0.25) is 0 Å². The normalized spacial score (nSPS) is 15.4. The van der Waals surface area contributed by atoms with Crippen molar-refractivity contribution in [3.05, 3.63) is 94.7 Å². The summed E-state index contributed by atoms with van der Waals surface area (Å²) in [6, 6.07) is 20.8. The van der Waals surface area contributed by atoms with Gasteiger partial charge >= 0.3 is 0 Å². The lowest BCUT2D eigenvalue weighted by atomic mass is 9.92. The van der Waals surface area contributed by atoms with Crippen LogP contribution < -0.4 is 9.64 Å². The molecule has 3 nitrogen and oxygen atoms in total. The molecule has 1 aliphatic heterocycles. The molecule has 0 aliphatic carbocycles. The highest BCUT2D eigenvalue weighted by Gasteiger charge is 2.26. The van der Waals surface area contributed by atoms with Gasteiger partial charge in [0.05, 0.1) is 18.0 Å². The average molecular weight is 435 g/mol. The molecule has 0 bridgehead atoms. The summed E-state index contributed by atoms with van der Waals surface area (Å²) in [4.78, 5) is 6.86. The second kappa shape index (κ2) is 8.19. The third-order valence-corrected chi connectivity index (χ3v) is 5.73. The van der Waals surface area contributed by atoms with Crippen molar-refractivity contribution in [1.82, 2.24) is 4.98 Å². The van der Waals surface area contributed by atoms with Crippen LogP contribution in [0.15, 0.2) is 77.9 Å². The van der Waals surface area contributed by atoms with Gasteiger partial charge in [-0.05, 0) is 48.7 Å². The van der Waals surface area contributed by atoms with E-state index in [2.05, 4.69) is 81.8 Å². The lowest BCUT2D eigenvalue weighted by molar-refractivity contribution is 0.268. The third kappa shape index (κ3) is 3.83. The lowest BCUT2D eigenvalue weighted by Crippen LogP contribution is -2.30. The standard InChI is InChI=1S/C24H23BrN2O/c1-17-7-3-5-9-23(17)27(18(2)22-15-20(25)11-13-26-22)16-19-12-14-28-24-10-6-4-8-21(19)24/h3-11,13,15,19H,2,12,14,16H2,1H3. The Morgan fingerprint density at radius 3 is 2.79 bits per heavy atom. The third-order valence-electron chi connectivity index (χ3n) is 5.24. The minimum absolute atomic E-state index is 0.369. The first-order valence-electron chi connectivity index (χ1n) is 9.49. The number of aryl methyl sites for hydroxylation is 1. The molecule has 0 radical (unpaired) electrons. The Labute approximate surface area is 174 Å². The molecule has 0 amide bonds. The zero-order chi connectivity index (χ0) is 19.5. The number of fused-ring (bicyclic) bond motifs is 1. The molecule has 0 spiro atoms. The van der Waals surface area contributed by atoms with E-state index >= 15 is 0 Å². The summed E-state index contributed by atoms with van der Waals surface area (Å²) in [7, 11) is 0. The van der Waals surface area contributed by atoms with E-state index < -0.39 is 0 Å². The van der Waals surface area contributed by atoms with Crippen molar-refractivity contribution in [3.8, 4) is 5.75 Å². The number of ether oxygens (including phenoxy) is 1. The van der Waals surface area contributed by atoms with Gasteiger partial charge in [0.1, 0.15) is 5.75 Å². The molecule has 0 saturated carbocycles. The van der Waals surface area contributed by atoms with Gasteiger partial charge in [0.25, 0.3) is 0 Å². The average Bonchev–Trinajstić information content (AvgIpc) is 2.72. The Morgan fingerprint density at radius 2 is 1.96 bits per heavy atom. The van der Waals surface area contributed by atoms with E-state index in [0.29, 0.717) is 5.92 Å². The maximum atomic E-state index is 5.87. The van der Waals surface area contributed by atoms with Gasteiger partial charge in [-0.2, -0.15) is 0 Å². The zero-order valence-corrected chi connectivity index (χ0v) is 17.5. The van der Waals surface area contributed by atoms with Crippen molar-refractivity contribution in [2.24, 2.45) is 0 Å². The number of anilines is 1. The molecule has 4 rings (SSSR count). The molecule has 1 aliphatic rings. The van der Waals surface area contributed by atoms with Crippen LogP contribution in [-0.2, 0) is 0 Å². The Bertz CT molecular complexity index is 1000. The van der Waals surface area contributed by atoms with Crippen LogP contribution in [0, 0.1) is 6.92 Å². The molecule has 0 fully saturated rings. The second-order valence-corrected chi connectivity index (χ2v) is 7.99. The summed E-state index contributed by atoms with van der Waals surface area (Å²) in [6.07, 6.45) is 2.79. The fourth-order valence-electron chi connectivity index (χ4n) is 3.75. The number of hydrogen-bond acceptors (Lipinski definition) is 3. The van der Waals surface area contributed by atoms with Crippen LogP contribution in [0.25, 0.3) is 5.70 Å². The van der Waals surface area contributed by atoms with Gasteiger partial charge < -0.3 is 9.64 Å². The molecule has 142 valence electrons. The molecule has 2 heterocycles. The van der Waals surface area contributed by atoms with E-state index in [1.807, 2.05) is 24.4 Å². The van der Waals surface area contributed by atoms with E-state index in [0.717, 1.165) is 41.2 Å². The van der Waals surface area contributed by atoms with Gasteiger partial charge in [-0.25, -0.2) is 0 Å². The van der Waals surface area contributed by atoms with Crippen LogP contribution in [0.1, 0.15) is 29.2 Å². The fraction of sp³-hybridized carbons (Fsp3) is 0.208. The van der Waals surface area contributed by atoms with Gasteiger partial charge in [0, 0.05) is 28.8 Å². The highest BCUT2D eigenvalue weighted by Crippen LogP contribution is 2.37. The number of rotatable bonds is 5. The van der Waals surface area contributed by atoms with Crippen molar-refractivity contribution in [3.63, 3.8) is 0 Å². The molecule has 1 atom stereocenters. The topological polar surface area (TPSA) is 25.4 Å². The number of nitrogens with zero attached hydrogens (tertiary/aromatic N) is 2. The van der Waals surface area contributed by atoms with E-state index in [9.17, 15) is 0 Å². The monoisotopic (exact) mass is 434 g/mol. The lowest BCUT2D eigenvalue weighted by Gasteiger charge is -2.34. The van der Waals surface area contributed by atoms with Crippen molar-refractivity contribution in [2.75, 3.05) is 18.1 Å². The van der Waals surface area contributed by atoms with Gasteiger partial charge in [0.15, 0.2) is 0 Å². The van der Waals surface area contributed by atoms with Crippen LogP contribution >= 0.6 is 15.9 Å². The largest absolute Gasteiger partial charge is 0.493 e. The number of halogens is 1. The Hall–Kier alpha value is -2.59. The van der Waals surface area contributed by atoms with Crippen molar-refractivity contribution in [2.45, 2.75) is 19.3 Å². The molecule has 0 saturated heterocycles. The molecule has 3 aromatic rings. The fourth-order valence-corrected chi connectivity index (χ4v) is 4.08. The summed E-state index contributed by atoms with van der Waals surface area (Å²) in [5, 5.41) is 0. The first-order valence-corrected chi connectivity index (χ1v) is 10.3.